The van der Waals surface area contributed by atoms with Crippen molar-refractivity contribution in [3.63, 3.8) is 0 Å². The summed E-state index contributed by atoms with van der Waals surface area (Å²) in [7, 11) is 1.79. The van der Waals surface area contributed by atoms with Gasteiger partial charge in [0.1, 0.15) is 0 Å². The Morgan fingerprint density at radius 2 is 2.35 bits per heavy atom. The molecule has 96 valence electrons. The molecule has 2 rings (SSSR count). The number of hydrogen-bond donors (Lipinski definition) is 1. The molecule has 17 heavy (non-hydrogen) atoms. The molecule has 1 atom stereocenters. The molecule has 0 radical (unpaired) electrons. The summed E-state index contributed by atoms with van der Waals surface area (Å²) in [5, 5.41) is 8.09. The van der Waals surface area contributed by atoms with Crippen molar-refractivity contribution in [2.45, 2.75) is 57.8 Å². The van der Waals surface area contributed by atoms with Gasteiger partial charge < -0.3 is 10.1 Å². The van der Waals surface area contributed by atoms with Crippen LogP contribution in [0.25, 0.3) is 0 Å². The standard InChI is InChI=1S/C13H23N3O/c1-4-10(2)16-6-5-11(15-16)9-14-12-7-13(8-12)17-3/h5-6,10,12-14H,4,7-9H2,1-3H3. The first-order valence-corrected chi connectivity index (χ1v) is 6.53. The Balaban J connectivity index is 1.74. The van der Waals surface area contributed by atoms with Crippen molar-refractivity contribution >= 4 is 0 Å². The Hall–Kier alpha value is -0.870. The molecule has 1 aromatic rings. The molecule has 1 heterocycles. The summed E-state index contributed by atoms with van der Waals surface area (Å²) in [6.45, 7) is 5.24. The van der Waals surface area contributed by atoms with E-state index in [1.54, 1.807) is 7.11 Å². The van der Waals surface area contributed by atoms with Gasteiger partial charge in [0.05, 0.1) is 11.8 Å². The van der Waals surface area contributed by atoms with E-state index < -0.39 is 0 Å². The van der Waals surface area contributed by atoms with E-state index in [2.05, 4.69) is 41.2 Å². The molecule has 1 saturated carbocycles. The number of hydrogen-bond acceptors (Lipinski definition) is 3. The number of rotatable bonds is 6. The van der Waals surface area contributed by atoms with Crippen LogP contribution in [0.3, 0.4) is 0 Å². The van der Waals surface area contributed by atoms with Crippen LogP contribution in [0.2, 0.25) is 0 Å². The molecule has 4 nitrogen and oxygen atoms in total. The molecular formula is C13H23N3O. The SMILES string of the molecule is CCC(C)n1ccc(CNC2CC(OC)C2)n1. The van der Waals surface area contributed by atoms with Crippen LogP contribution in [0.1, 0.15) is 44.8 Å². The third-order valence-corrected chi connectivity index (χ3v) is 3.71. The van der Waals surface area contributed by atoms with Gasteiger partial charge >= 0.3 is 0 Å². The molecule has 1 aromatic heterocycles. The molecule has 1 aliphatic carbocycles. The molecule has 0 aliphatic heterocycles. The predicted molar refractivity (Wildman–Crippen MR) is 67.9 cm³/mol. The summed E-state index contributed by atoms with van der Waals surface area (Å²) < 4.78 is 7.31. The third-order valence-electron chi connectivity index (χ3n) is 3.71. The van der Waals surface area contributed by atoms with Gasteiger partial charge in [-0.2, -0.15) is 5.10 Å². The normalized spacial score (nSPS) is 25.6. The van der Waals surface area contributed by atoms with Crippen molar-refractivity contribution in [1.29, 1.82) is 0 Å². The third kappa shape index (κ3) is 3.07. The molecule has 0 bridgehead atoms. The fourth-order valence-corrected chi connectivity index (χ4v) is 2.08. The summed E-state index contributed by atoms with van der Waals surface area (Å²) in [6.07, 6.45) is 5.91. The topological polar surface area (TPSA) is 39.1 Å². The average molecular weight is 237 g/mol. The summed E-state index contributed by atoms with van der Waals surface area (Å²) in [6, 6.07) is 3.20. The predicted octanol–water partition coefficient (Wildman–Crippen LogP) is 2.12. The lowest BCUT2D eigenvalue weighted by Gasteiger charge is -2.34. The first kappa shape index (κ1) is 12.6. The van der Waals surface area contributed by atoms with Crippen LogP contribution in [-0.2, 0) is 11.3 Å². The van der Waals surface area contributed by atoms with Gasteiger partial charge in [0.2, 0.25) is 0 Å². The van der Waals surface area contributed by atoms with E-state index in [4.69, 9.17) is 4.74 Å². The molecule has 0 aromatic carbocycles. The average Bonchev–Trinajstić information content (AvgIpc) is 2.75. The molecular weight excluding hydrogens is 214 g/mol. The molecule has 1 unspecified atom stereocenters. The lowest BCUT2D eigenvalue weighted by Crippen LogP contribution is -2.44. The Labute approximate surface area is 103 Å². The fraction of sp³-hybridized carbons (Fsp3) is 0.769. The van der Waals surface area contributed by atoms with Crippen LogP contribution in [0.5, 0.6) is 0 Å². The first-order valence-electron chi connectivity index (χ1n) is 6.53. The van der Waals surface area contributed by atoms with Crippen LogP contribution in [0, 0.1) is 0 Å². The second-order valence-electron chi connectivity index (χ2n) is 4.95. The van der Waals surface area contributed by atoms with Gasteiger partial charge in [0.15, 0.2) is 0 Å². The number of aromatic nitrogens is 2. The number of nitrogens with one attached hydrogen (secondary N) is 1. The highest BCUT2D eigenvalue weighted by atomic mass is 16.5. The number of methoxy groups -OCH3 is 1. The zero-order valence-corrected chi connectivity index (χ0v) is 11.0. The smallest absolute Gasteiger partial charge is 0.0762 e. The van der Waals surface area contributed by atoms with E-state index in [0.29, 0.717) is 18.2 Å². The van der Waals surface area contributed by atoms with Crippen LogP contribution in [0.15, 0.2) is 12.3 Å². The molecule has 1 fully saturated rings. The minimum Gasteiger partial charge on any atom is -0.381 e. The zero-order valence-electron chi connectivity index (χ0n) is 11.0. The lowest BCUT2D eigenvalue weighted by atomic mass is 9.89. The van der Waals surface area contributed by atoms with Crippen molar-refractivity contribution in [2.75, 3.05) is 7.11 Å². The zero-order chi connectivity index (χ0) is 12.3. The molecule has 0 saturated heterocycles. The largest absolute Gasteiger partial charge is 0.381 e. The van der Waals surface area contributed by atoms with E-state index in [-0.39, 0.29) is 0 Å². The maximum Gasteiger partial charge on any atom is 0.0762 e. The van der Waals surface area contributed by atoms with Crippen molar-refractivity contribution < 1.29 is 4.74 Å². The van der Waals surface area contributed by atoms with Crippen LogP contribution in [0.4, 0.5) is 0 Å². The van der Waals surface area contributed by atoms with Gasteiger partial charge in [-0.1, -0.05) is 6.92 Å². The summed E-state index contributed by atoms with van der Waals surface area (Å²) in [4.78, 5) is 0. The summed E-state index contributed by atoms with van der Waals surface area (Å²) >= 11 is 0. The van der Waals surface area contributed by atoms with Crippen molar-refractivity contribution in [2.24, 2.45) is 0 Å². The molecule has 0 amide bonds. The molecule has 4 heteroatoms. The monoisotopic (exact) mass is 237 g/mol. The van der Waals surface area contributed by atoms with Crippen molar-refractivity contribution in [1.82, 2.24) is 15.1 Å². The van der Waals surface area contributed by atoms with Gasteiger partial charge in [-0.15, -0.1) is 0 Å². The molecule has 0 spiro atoms. The van der Waals surface area contributed by atoms with Gasteiger partial charge in [-0.05, 0) is 32.3 Å². The Morgan fingerprint density at radius 1 is 1.59 bits per heavy atom. The Bertz CT molecular complexity index is 344. The van der Waals surface area contributed by atoms with Crippen LogP contribution in [-0.4, -0.2) is 29.0 Å². The van der Waals surface area contributed by atoms with Crippen molar-refractivity contribution in [3.05, 3.63) is 18.0 Å². The molecule has 1 N–H and O–H groups in total. The maximum atomic E-state index is 5.26. The number of nitrogens with zero attached hydrogens (tertiary/aromatic N) is 2. The highest BCUT2D eigenvalue weighted by Crippen LogP contribution is 2.22. The van der Waals surface area contributed by atoms with E-state index in [9.17, 15) is 0 Å². The maximum absolute atomic E-state index is 5.26. The Morgan fingerprint density at radius 3 is 3.00 bits per heavy atom. The van der Waals surface area contributed by atoms with Gasteiger partial charge in [0, 0.05) is 31.9 Å². The second-order valence-corrected chi connectivity index (χ2v) is 4.95. The van der Waals surface area contributed by atoms with Crippen molar-refractivity contribution in [3.8, 4) is 0 Å². The van der Waals surface area contributed by atoms with E-state index in [1.165, 1.54) is 0 Å². The van der Waals surface area contributed by atoms with Crippen LogP contribution < -0.4 is 5.32 Å². The van der Waals surface area contributed by atoms with Gasteiger partial charge in [0.25, 0.3) is 0 Å². The quantitative estimate of drug-likeness (QED) is 0.823. The summed E-state index contributed by atoms with van der Waals surface area (Å²) in [5.41, 5.74) is 1.13. The Kier molecular flexibility index (Phi) is 4.18. The van der Waals surface area contributed by atoms with E-state index in [0.717, 1.165) is 31.5 Å². The molecule has 1 aliphatic rings. The van der Waals surface area contributed by atoms with E-state index in [1.807, 2.05) is 0 Å². The summed E-state index contributed by atoms with van der Waals surface area (Å²) in [5.74, 6) is 0. The highest BCUT2D eigenvalue weighted by molar-refractivity contribution is 5.00. The first-order chi connectivity index (χ1) is 8.22. The fourth-order valence-electron chi connectivity index (χ4n) is 2.08. The van der Waals surface area contributed by atoms with Gasteiger partial charge in [-0.25, -0.2) is 0 Å². The second kappa shape index (κ2) is 5.65. The van der Waals surface area contributed by atoms with Gasteiger partial charge in [-0.3, -0.25) is 4.68 Å². The minimum atomic E-state index is 0.463. The van der Waals surface area contributed by atoms with E-state index >= 15 is 0 Å². The lowest BCUT2D eigenvalue weighted by molar-refractivity contribution is 0.0169. The minimum absolute atomic E-state index is 0.463. The highest BCUT2D eigenvalue weighted by Gasteiger charge is 2.28. The number of ether oxygens (including phenoxy) is 1. The van der Waals surface area contributed by atoms with Crippen LogP contribution >= 0.6 is 0 Å².